The number of allylic oxidation sites excluding steroid dienone is 1. The summed E-state index contributed by atoms with van der Waals surface area (Å²) in [5.41, 5.74) is 1.20. The first-order chi connectivity index (χ1) is 6.69. The molecule has 0 aromatic rings. The molecule has 1 atom stereocenters. The largest absolute Gasteiger partial charge is 0.462 e. The molecule has 14 heavy (non-hydrogen) atoms. The third-order valence-corrected chi connectivity index (χ3v) is 2.48. The van der Waals surface area contributed by atoms with Crippen LogP contribution in [0, 0.1) is 17.2 Å². The van der Waals surface area contributed by atoms with E-state index in [1.165, 1.54) is 0 Å². The fraction of sp³-hybridized carbons (Fsp3) is 0.636. The molecule has 76 valence electrons. The van der Waals surface area contributed by atoms with Crippen LogP contribution in [-0.2, 0) is 9.53 Å². The van der Waals surface area contributed by atoms with Gasteiger partial charge < -0.3 is 4.74 Å². The smallest absolute Gasteiger partial charge is 0.348 e. The standard InChI is InChI=1S/C11H15NO2/c1-3-14-11(13)10(7-12)9-5-4-8(2)6-9/h8H,3-6H2,1-2H3/b10-9+/t8-/m1/s1. The maximum atomic E-state index is 11.4. The number of rotatable bonds is 2. The average molecular weight is 193 g/mol. The molecule has 1 saturated carbocycles. The highest BCUT2D eigenvalue weighted by molar-refractivity contribution is 5.93. The average Bonchev–Trinajstić information content (AvgIpc) is 2.54. The number of nitrogens with zero attached hydrogens (tertiary/aromatic N) is 1. The van der Waals surface area contributed by atoms with Crippen LogP contribution in [0.4, 0.5) is 0 Å². The molecule has 0 aromatic heterocycles. The highest BCUT2D eigenvalue weighted by Crippen LogP contribution is 2.32. The summed E-state index contributed by atoms with van der Waals surface area (Å²) in [6.45, 7) is 4.20. The van der Waals surface area contributed by atoms with E-state index in [0.29, 0.717) is 12.5 Å². The van der Waals surface area contributed by atoms with E-state index in [9.17, 15) is 4.79 Å². The minimum absolute atomic E-state index is 0.233. The SMILES string of the molecule is CCOC(=O)/C(C#N)=C1\CC[C@@H](C)C1. The molecule has 0 heterocycles. The lowest BCUT2D eigenvalue weighted by atomic mass is 10.1. The van der Waals surface area contributed by atoms with Crippen molar-refractivity contribution in [3.05, 3.63) is 11.1 Å². The van der Waals surface area contributed by atoms with Gasteiger partial charge in [-0.3, -0.25) is 0 Å². The van der Waals surface area contributed by atoms with Gasteiger partial charge in [0.15, 0.2) is 0 Å². The summed E-state index contributed by atoms with van der Waals surface area (Å²) >= 11 is 0. The van der Waals surface area contributed by atoms with Gasteiger partial charge in [0, 0.05) is 0 Å². The van der Waals surface area contributed by atoms with Crippen LogP contribution in [0.15, 0.2) is 11.1 Å². The van der Waals surface area contributed by atoms with Crippen LogP contribution < -0.4 is 0 Å². The molecule has 1 aliphatic rings. The van der Waals surface area contributed by atoms with E-state index in [1.54, 1.807) is 6.92 Å². The van der Waals surface area contributed by atoms with E-state index in [-0.39, 0.29) is 5.57 Å². The minimum Gasteiger partial charge on any atom is -0.462 e. The Hall–Kier alpha value is -1.30. The summed E-state index contributed by atoms with van der Waals surface area (Å²) in [7, 11) is 0. The molecule has 0 saturated heterocycles. The van der Waals surface area contributed by atoms with Gasteiger partial charge in [-0.15, -0.1) is 0 Å². The molecule has 0 N–H and O–H groups in total. The Morgan fingerprint density at radius 1 is 1.71 bits per heavy atom. The van der Waals surface area contributed by atoms with Crippen molar-refractivity contribution in [1.82, 2.24) is 0 Å². The van der Waals surface area contributed by atoms with Crippen molar-refractivity contribution in [3.8, 4) is 6.07 Å². The van der Waals surface area contributed by atoms with E-state index < -0.39 is 5.97 Å². The van der Waals surface area contributed by atoms with Crippen molar-refractivity contribution in [2.24, 2.45) is 5.92 Å². The van der Waals surface area contributed by atoms with Crippen LogP contribution in [-0.4, -0.2) is 12.6 Å². The lowest BCUT2D eigenvalue weighted by Gasteiger charge is -2.03. The molecule has 0 aromatic carbocycles. The van der Waals surface area contributed by atoms with Crippen LogP contribution in [0.1, 0.15) is 33.1 Å². The van der Waals surface area contributed by atoms with Gasteiger partial charge in [-0.2, -0.15) is 5.26 Å². The zero-order valence-corrected chi connectivity index (χ0v) is 8.67. The van der Waals surface area contributed by atoms with Gasteiger partial charge in [0.25, 0.3) is 0 Å². The molecule has 0 radical (unpaired) electrons. The summed E-state index contributed by atoms with van der Waals surface area (Å²) in [6, 6.07) is 1.95. The van der Waals surface area contributed by atoms with Gasteiger partial charge in [-0.25, -0.2) is 4.79 Å². The van der Waals surface area contributed by atoms with Crippen LogP contribution in [0.2, 0.25) is 0 Å². The fourth-order valence-electron chi connectivity index (χ4n) is 1.74. The zero-order chi connectivity index (χ0) is 10.6. The summed E-state index contributed by atoms with van der Waals surface area (Å²) in [4.78, 5) is 11.4. The molecular weight excluding hydrogens is 178 g/mol. The quantitative estimate of drug-likeness (QED) is 0.383. The Labute approximate surface area is 84.4 Å². The van der Waals surface area contributed by atoms with Gasteiger partial charge in [-0.05, 0) is 37.7 Å². The molecule has 3 nitrogen and oxygen atoms in total. The summed E-state index contributed by atoms with van der Waals surface area (Å²) < 4.78 is 4.82. The molecule has 0 bridgehead atoms. The van der Waals surface area contributed by atoms with Crippen LogP contribution in [0.5, 0.6) is 0 Å². The van der Waals surface area contributed by atoms with Gasteiger partial charge >= 0.3 is 5.97 Å². The van der Waals surface area contributed by atoms with E-state index in [2.05, 4.69) is 6.92 Å². The number of nitriles is 1. The molecule has 1 fully saturated rings. The van der Waals surface area contributed by atoms with Crippen molar-refractivity contribution in [1.29, 1.82) is 5.26 Å². The van der Waals surface area contributed by atoms with E-state index in [1.807, 2.05) is 6.07 Å². The lowest BCUT2D eigenvalue weighted by Crippen LogP contribution is -2.08. The molecule has 3 heteroatoms. The molecule has 0 unspecified atom stereocenters. The van der Waals surface area contributed by atoms with Crippen molar-refractivity contribution < 1.29 is 9.53 Å². The van der Waals surface area contributed by atoms with E-state index in [4.69, 9.17) is 10.00 Å². The second-order valence-electron chi connectivity index (χ2n) is 3.66. The summed E-state index contributed by atoms with van der Waals surface area (Å²) in [6.07, 6.45) is 2.80. The van der Waals surface area contributed by atoms with Gasteiger partial charge in [-0.1, -0.05) is 6.92 Å². The fourth-order valence-corrected chi connectivity index (χ4v) is 1.74. The number of esters is 1. The van der Waals surface area contributed by atoms with E-state index in [0.717, 1.165) is 24.8 Å². The van der Waals surface area contributed by atoms with Crippen LogP contribution in [0.3, 0.4) is 0 Å². The van der Waals surface area contributed by atoms with Crippen molar-refractivity contribution in [2.45, 2.75) is 33.1 Å². The van der Waals surface area contributed by atoms with Gasteiger partial charge in [0.05, 0.1) is 6.61 Å². The molecule has 0 spiro atoms. The van der Waals surface area contributed by atoms with Crippen LogP contribution >= 0.6 is 0 Å². The molecule has 1 rings (SSSR count). The third-order valence-electron chi connectivity index (χ3n) is 2.48. The summed E-state index contributed by atoms with van der Waals surface area (Å²) in [5.74, 6) is 0.127. The third kappa shape index (κ3) is 2.35. The van der Waals surface area contributed by atoms with Crippen molar-refractivity contribution in [3.63, 3.8) is 0 Å². The molecule has 0 amide bonds. The number of carbonyl (C=O) groups excluding carboxylic acids is 1. The number of hydrogen-bond donors (Lipinski definition) is 0. The Balaban J connectivity index is 2.80. The highest BCUT2D eigenvalue weighted by atomic mass is 16.5. The first-order valence-corrected chi connectivity index (χ1v) is 4.98. The molecule has 0 aliphatic heterocycles. The van der Waals surface area contributed by atoms with Crippen molar-refractivity contribution in [2.75, 3.05) is 6.61 Å². The first-order valence-electron chi connectivity index (χ1n) is 4.98. The predicted molar refractivity (Wildman–Crippen MR) is 52.3 cm³/mol. The maximum Gasteiger partial charge on any atom is 0.348 e. The Kier molecular flexibility index (Phi) is 3.70. The normalized spacial score (nSPS) is 24.2. The predicted octanol–water partition coefficient (Wildman–Crippen LogP) is 2.19. The molecule has 1 aliphatic carbocycles. The minimum atomic E-state index is -0.459. The number of ether oxygens (including phenoxy) is 1. The van der Waals surface area contributed by atoms with Crippen LogP contribution in [0.25, 0.3) is 0 Å². The van der Waals surface area contributed by atoms with E-state index >= 15 is 0 Å². The first kappa shape index (κ1) is 10.8. The Bertz CT molecular complexity index is 299. The number of carbonyl (C=O) groups is 1. The summed E-state index contributed by atoms with van der Waals surface area (Å²) in [5, 5.41) is 8.86. The van der Waals surface area contributed by atoms with Gasteiger partial charge in [0.2, 0.25) is 0 Å². The van der Waals surface area contributed by atoms with Crippen molar-refractivity contribution >= 4 is 5.97 Å². The molecular formula is C11H15NO2. The van der Waals surface area contributed by atoms with Gasteiger partial charge in [0.1, 0.15) is 11.6 Å². The Morgan fingerprint density at radius 3 is 2.86 bits per heavy atom. The number of hydrogen-bond acceptors (Lipinski definition) is 3. The monoisotopic (exact) mass is 193 g/mol. The Morgan fingerprint density at radius 2 is 2.43 bits per heavy atom. The topological polar surface area (TPSA) is 50.1 Å². The maximum absolute atomic E-state index is 11.4. The zero-order valence-electron chi connectivity index (χ0n) is 8.67. The second-order valence-corrected chi connectivity index (χ2v) is 3.66. The second kappa shape index (κ2) is 4.80. The lowest BCUT2D eigenvalue weighted by molar-refractivity contribution is -0.138. The highest BCUT2D eigenvalue weighted by Gasteiger charge is 2.22.